The third-order valence-electron chi connectivity index (χ3n) is 6.86. The predicted molar refractivity (Wildman–Crippen MR) is 151 cm³/mol. The first-order chi connectivity index (χ1) is 18.5. The highest BCUT2D eigenvalue weighted by Gasteiger charge is 2.29. The summed E-state index contributed by atoms with van der Waals surface area (Å²) in [6, 6.07) is 11.6. The fraction of sp³-hybridized carbons (Fsp3) is 0.483. The van der Waals surface area contributed by atoms with Gasteiger partial charge in [0.1, 0.15) is 5.60 Å². The van der Waals surface area contributed by atoms with E-state index in [1.807, 2.05) is 52.0 Å². The van der Waals surface area contributed by atoms with Crippen LogP contribution < -0.4 is 19.7 Å². The average Bonchev–Trinajstić information content (AvgIpc) is 3.06. The van der Waals surface area contributed by atoms with Crippen molar-refractivity contribution in [2.24, 2.45) is 5.10 Å². The van der Waals surface area contributed by atoms with E-state index >= 15 is 0 Å². The Bertz CT molecular complexity index is 1230. The highest BCUT2D eigenvalue weighted by molar-refractivity contribution is 6.14. The first-order valence-corrected chi connectivity index (χ1v) is 13.2. The monoisotopic (exact) mass is 537 g/mol. The third-order valence-corrected chi connectivity index (χ3v) is 6.86. The van der Waals surface area contributed by atoms with Crippen LogP contribution in [0.3, 0.4) is 0 Å². The molecule has 1 unspecified atom stereocenters. The zero-order valence-corrected chi connectivity index (χ0v) is 23.9. The molecular formula is C29H39N5O5. The summed E-state index contributed by atoms with van der Waals surface area (Å²) in [6.07, 6.45) is 0.334. The zero-order valence-electron chi connectivity index (χ0n) is 23.9. The first-order valence-electron chi connectivity index (χ1n) is 13.2. The van der Waals surface area contributed by atoms with Gasteiger partial charge in [0.15, 0.2) is 11.5 Å². The molecule has 2 aliphatic heterocycles. The molecule has 1 fully saturated rings. The van der Waals surface area contributed by atoms with E-state index in [4.69, 9.17) is 19.3 Å². The summed E-state index contributed by atoms with van der Waals surface area (Å²) in [5.41, 5.74) is 4.02. The summed E-state index contributed by atoms with van der Waals surface area (Å²) in [5.74, 6) is 1.24. The molecule has 0 bridgehead atoms. The van der Waals surface area contributed by atoms with E-state index in [9.17, 15) is 9.59 Å². The molecule has 10 nitrogen and oxygen atoms in total. The summed E-state index contributed by atoms with van der Waals surface area (Å²) in [7, 11) is 4.82. The number of nitrogens with one attached hydrogen (secondary N) is 1. The van der Waals surface area contributed by atoms with E-state index in [0.717, 1.165) is 22.4 Å². The molecule has 0 saturated carbocycles. The van der Waals surface area contributed by atoms with Gasteiger partial charge in [-0.3, -0.25) is 0 Å². The van der Waals surface area contributed by atoms with Crippen LogP contribution in [0.25, 0.3) is 0 Å². The summed E-state index contributed by atoms with van der Waals surface area (Å²) in [5, 5.41) is 9.04. The van der Waals surface area contributed by atoms with Crippen molar-refractivity contribution in [2.45, 2.75) is 45.8 Å². The number of methoxy groups -OCH3 is 2. The molecule has 2 aromatic carbocycles. The average molecular weight is 538 g/mol. The van der Waals surface area contributed by atoms with Crippen molar-refractivity contribution in [3.05, 3.63) is 53.1 Å². The number of fused-ring (bicyclic) bond motifs is 1. The van der Waals surface area contributed by atoms with Crippen LogP contribution in [0, 0.1) is 0 Å². The Hall–Kier alpha value is -3.95. The summed E-state index contributed by atoms with van der Waals surface area (Å²) in [6.45, 7) is 10.2. The number of hydrogen-bond donors (Lipinski definition) is 1. The number of rotatable bonds is 4. The first kappa shape index (κ1) is 28.1. The SMILES string of the molecule is CNC(=O)N1N=C(c2ccc(N3CCN(C(=O)OC(C)(C)C)CC3)cc2)c2cc(OC)c(OC)cc2CC1C. The van der Waals surface area contributed by atoms with Crippen LogP contribution in [0.2, 0.25) is 0 Å². The van der Waals surface area contributed by atoms with Gasteiger partial charge in [0, 0.05) is 50.0 Å². The van der Waals surface area contributed by atoms with Gasteiger partial charge < -0.3 is 29.3 Å². The maximum Gasteiger partial charge on any atom is 0.410 e. The molecule has 0 spiro atoms. The van der Waals surface area contributed by atoms with Crippen LogP contribution in [0.15, 0.2) is 41.5 Å². The lowest BCUT2D eigenvalue weighted by molar-refractivity contribution is 0.0240. The van der Waals surface area contributed by atoms with Gasteiger partial charge in [-0.15, -0.1) is 0 Å². The minimum absolute atomic E-state index is 0.167. The van der Waals surface area contributed by atoms with Crippen molar-refractivity contribution in [2.75, 3.05) is 52.3 Å². The Morgan fingerprint density at radius 2 is 1.59 bits per heavy atom. The van der Waals surface area contributed by atoms with Gasteiger partial charge in [-0.05, 0) is 63.9 Å². The van der Waals surface area contributed by atoms with Gasteiger partial charge in [-0.25, -0.2) is 14.6 Å². The number of benzene rings is 2. The van der Waals surface area contributed by atoms with E-state index in [1.165, 1.54) is 5.01 Å². The quantitative estimate of drug-likeness (QED) is 0.631. The van der Waals surface area contributed by atoms with Gasteiger partial charge in [0.2, 0.25) is 0 Å². The molecule has 2 aromatic rings. The van der Waals surface area contributed by atoms with Crippen LogP contribution in [0.4, 0.5) is 15.3 Å². The molecule has 3 amide bonds. The number of ether oxygens (including phenoxy) is 3. The van der Waals surface area contributed by atoms with Crippen molar-refractivity contribution in [1.82, 2.24) is 15.2 Å². The molecule has 10 heteroatoms. The maximum absolute atomic E-state index is 12.7. The normalized spacial score (nSPS) is 17.6. The summed E-state index contributed by atoms with van der Waals surface area (Å²) in [4.78, 5) is 29.2. The Kier molecular flexibility index (Phi) is 8.22. The highest BCUT2D eigenvalue weighted by atomic mass is 16.6. The maximum atomic E-state index is 12.7. The number of piperazine rings is 1. The smallest absolute Gasteiger partial charge is 0.410 e. The number of hydrazone groups is 1. The highest BCUT2D eigenvalue weighted by Crippen LogP contribution is 2.35. The number of anilines is 1. The second-order valence-corrected chi connectivity index (χ2v) is 10.8. The van der Waals surface area contributed by atoms with Crippen LogP contribution in [0.5, 0.6) is 11.5 Å². The Morgan fingerprint density at radius 3 is 2.15 bits per heavy atom. The Morgan fingerprint density at radius 1 is 0.974 bits per heavy atom. The van der Waals surface area contributed by atoms with Crippen molar-refractivity contribution in [1.29, 1.82) is 0 Å². The fourth-order valence-corrected chi connectivity index (χ4v) is 4.85. The molecular weight excluding hydrogens is 498 g/mol. The van der Waals surface area contributed by atoms with E-state index in [2.05, 4.69) is 22.3 Å². The van der Waals surface area contributed by atoms with Gasteiger partial charge in [-0.2, -0.15) is 5.10 Å². The molecule has 1 atom stereocenters. The van der Waals surface area contributed by atoms with E-state index < -0.39 is 5.60 Å². The largest absolute Gasteiger partial charge is 0.493 e. The van der Waals surface area contributed by atoms with Gasteiger partial charge in [0.05, 0.1) is 26.0 Å². The molecule has 0 aliphatic carbocycles. The predicted octanol–water partition coefficient (Wildman–Crippen LogP) is 4.10. The van der Waals surface area contributed by atoms with E-state index in [-0.39, 0.29) is 18.2 Å². The Labute approximate surface area is 230 Å². The van der Waals surface area contributed by atoms with Crippen molar-refractivity contribution < 1.29 is 23.8 Å². The number of nitrogens with zero attached hydrogens (tertiary/aromatic N) is 4. The van der Waals surface area contributed by atoms with Crippen molar-refractivity contribution in [3.63, 3.8) is 0 Å². The number of carbonyl (C=O) groups is 2. The number of urea groups is 1. The van der Waals surface area contributed by atoms with Crippen LogP contribution in [0.1, 0.15) is 44.4 Å². The number of carbonyl (C=O) groups excluding carboxylic acids is 2. The fourth-order valence-electron chi connectivity index (χ4n) is 4.85. The molecule has 0 radical (unpaired) electrons. The van der Waals surface area contributed by atoms with Gasteiger partial charge in [-0.1, -0.05) is 12.1 Å². The van der Waals surface area contributed by atoms with Crippen LogP contribution >= 0.6 is 0 Å². The molecule has 210 valence electrons. The standard InChI is InChI=1S/C29H39N5O5/c1-19-16-21-17-24(37-6)25(38-7)18-23(21)26(31-34(19)27(35)30-5)20-8-10-22(11-9-20)32-12-14-33(15-13-32)28(36)39-29(2,3)4/h8-11,17-19H,12-16H2,1-7H3,(H,30,35). The minimum atomic E-state index is -0.510. The molecule has 0 aromatic heterocycles. The third kappa shape index (κ3) is 6.21. The molecule has 39 heavy (non-hydrogen) atoms. The molecule has 1 saturated heterocycles. The number of amides is 3. The van der Waals surface area contributed by atoms with Crippen molar-refractivity contribution >= 4 is 23.5 Å². The van der Waals surface area contributed by atoms with Gasteiger partial charge in [0.25, 0.3) is 0 Å². The molecule has 1 N–H and O–H groups in total. The number of hydrogen-bond acceptors (Lipinski definition) is 7. The summed E-state index contributed by atoms with van der Waals surface area (Å²) >= 11 is 0. The molecule has 4 rings (SSSR count). The Balaban J connectivity index is 1.61. The van der Waals surface area contributed by atoms with Crippen LogP contribution in [-0.2, 0) is 11.2 Å². The lowest BCUT2D eigenvalue weighted by atomic mass is 9.94. The lowest BCUT2D eigenvalue weighted by Crippen LogP contribution is -2.50. The van der Waals surface area contributed by atoms with E-state index in [0.29, 0.717) is 49.8 Å². The second-order valence-electron chi connectivity index (χ2n) is 10.8. The summed E-state index contributed by atoms with van der Waals surface area (Å²) < 4.78 is 16.6. The van der Waals surface area contributed by atoms with Crippen LogP contribution in [-0.4, -0.2) is 86.8 Å². The lowest BCUT2D eigenvalue weighted by Gasteiger charge is -2.36. The molecule has 2 aliphatic rings. The zero-order chi connectivity index (χ0) is 28.3. The minimum Gasteiger partial charge on any atom is -0.493 e. The second kappa shape index (κ2) is 11.4. The van der Waals surface area contributed by atoms with Crippen molar-refractivity contribution in [3.8, 4) is 11.5 Å². The molecule has 2 heterocycles. The van der Waals surface area contributed by atoms with E-state index in [1.54, 1.807) is 26.2 Å². The van der Waals surface area contributed by atoms with Gasteiger partial charge >= 0.3 is 12.1 Å². The topological polar surface area (TPSA) is 95.9 Å².